The maximum absolute atomic E-state index is 6.52. The molecular formula is C29H60O2. The summed E-state index contributed by atoms with van der Waals surface area (Å²) in [5.41, 5.74) is 0.0837. The van der Waals surface area contributed by atoms with Crippen molar-refractivity contribution < 1.29 is 9.47 Å². The van der Waals surface area contributed by atoms with Crippen LogP contribution in [0.2, 0.25) is 0 Å². The van der Waals surface area contributed by atoms with Gasteiger partial charge in [-0.15, -0.1) is 0 Å². The number of unbranched alkanes of at least 4 members (excludes halogenated alkanes) is 13. The highest BCUT2D eigenvalue weighted by Gasteiger charge is 2.30. The highest BCUT2D eigenvalue weighted by Crippen LogP contribution is 2.30. The van der Waals surface area contributed by atoms with Crippen molar-refractivity contribution in [1.29, 1.82) is 0 Å². The van der Waals surface area contributed by atoms with Crippen molar-refractivity contribution >= 4 is 0 Å². The third-order valence-corrected chi connectivity index (χ3v) is 7.96. The normalized spacial score (nSPS) is 12.6. The van der Waals surface area contributed by atoms with Crippen LogP contribution in [0, 0.1) is 0 Å². The van der Waals surface area contributed by atoms with Crippen LogP contribution in [-0.2, 0) is 9.47 Å². The molecule has 188 valence electrons. The van der Waals surface area contributed by atoms with E-state index in [9.17, 15) is 0 Å². The van der Waals surface area contributed by atoms with Crippen molar-refractivity contribution in [2.75, 3.05) is 13.7 Å². The van der Waals surface area contributed by atoms with Crippen molar-refractivity contribution in [3.63, 3.8) is 0 Å². The molecule has 0 heterocycles. The van der Waals surface area contributed by atoms with Crippen molar-refractivity contribution in [2.45, 2.75) is 174 Å². The number of methoxy groups -OCH3 is 1. The molecule has 2 heteroatoms. The molecule has 0 aliphatic heterocycles. The van der Waals surface area contributed by atoms with Crippen LogP contribution in [0.5, 0.6) is 0 Å². The molecule has 0 aliphatic carbocycles. The fourth-order valence-corrected chi connectivity index (χ4v) is 4.97. The number of rotatable bonds is 24. The molecule has 0 amide bonds. The summed E-state index contributed by atoms with van der Waals surface area (Å²) in [4.78, 5) is 0. The summed E-state index contributed by atoms with van der Waals surface area (Å²) in [6.45, 7) is 12.2. The Hall–Kier alpha value is -0.0800. The smallest absolute Gasteiger partial charge is 0.0695 e. The molecule has 0 aromatic carbocycles. The van der Waals surface area contributed by atoms with E-state index in [0.29, 0.717) is 0 Å². The first-order valence-corrected chi connectivity index (χ1v) is 14.3. The van der Waals surface area contributed by atoms with Crippen LogP contribution >= 0.6 is 0 Å². The standard InChI is InChI=1S/C29H60O2/c1-7-12-13-14-15-16-17-18-19-20-21-22-23-24-25-29(10-4,11-5)31-27-26-28(8-2,9-3)30-6/h7-27H2,1-6H3. The Labute approximate surface area is 197 Å². The molecular weight excluding hydrogens is 380 g/mol. The van der Waals surface area contributed by atoms with Crippen LogP contribution in [-0.4, -0.2) is 24.9 Å². The Bertz CT molecular complexity index is 349. The van der Waals surface area contributed by atoms with Gasteiger partial charge >= 0.3 is 0 Å². The van der Waals surface area contributed by atoms with E-state index < -0.39 is 0 Å². The third kappa shape index (κ3) is 14.6. The first kappa shape index (κ1) is 30.9. The highest BCUT2D eigenvalue weighted by molar-refractivity contribution is 4.81. The predicted molar refractivity (Wildman–Crippen MR) is 139 cm³/mol. The Balaban J connectivity index is 3.82. The van der Waals surface area contributed by atoms with Crippen molar-refractivity contribution in [1.82, 2.24) is 0 Å². The van der Waals surface area contributed by atoms with E-state index in [4.69, 9.17) is 9.47 Å². The molecule has 0 spiro atoms. The second kappa shape index (κ2) is 20.5. The van der Waals surface area contributed by atoms with Gasteiger partial charge in [-0.25, -0.2) is 0 Å². The summed E-state index contributed by atoms with van der Waals surface area (Å²) in [7, 11) is 1.86. The summed E-state index contributed by atoms with van der Waals surface area (Å²) in [6.07, 6.45) is 26.5. The zero-order valence-corrected chi connectivity index (χ0v) is 22.7. The first-order chi connectivity index (χ1) is 15.1. The lowest BCUT2D eigenvalue weighted by Gasteiger charge is -2.35. The predicted octanol–water partition coefficient (Wildman–Crippen LogP) is 10.0. The third-order valence-electron chi connectivity index (χ3n) is 7.96. The van der Waals surface area contributed by atoms with E-state index in [0.717, 1.165) is 38.7 Å². The van der Waals surface area contributed by atoms with Gasteiger partial charge in [0.25, 0.3) is 0 Å². The molecule has 0 rings (SSSR count). The SMILES string of the molecule is CCCCCCCCCCCCCCCCC(CC)(CC)OCCC(CC)(CC)OC. The lowest BCUT2D eigenvalue weighted by atomic mass is 9.89. The molecule has 0 radical (unpaired) electrons. The Kier molecular flexibility index (Phi) is 20.5. The lowest BCUT2D eigenvalue weighted by Crippen LogP contribution is -2.36. The average molecular weight is 441 g/mol. The van der Waals surface area contributed by atoms with Crippen LogP contribution in [0.15, 0.2) is 0 Å². The van der Waals surface area contributed by atoms with Crippen molar-refractivity contribution in [3.8, 4) is 0 Å². The minimum atomic E-state index is 0.00226. The van der Waals surface area contributed by atoms with Gasteiger partial charge in [0.1, 0.15) is 0 Å². The monoisotopic (exact) mass is 440 g/mol. The Morgan fingerprint density at radius 2 is 0.839 bits per heavy atom. The fraction of sp³-hybridized carbons (Fsp3) is 1.00. The number of hydrogen-bond acceptors (Lipinski definition) is 2. The summed E-state index contributed by atoms with van der Waals surface area (Å²) >= 11 is 0. The Morgan fingerprint density at radius 1 is 0.452 bits per heavy atom. The fourth-order valence-electron chi connectivity index (χ4n) is 4.97. The number of ether oxygens (including phenoxy) is 2. The zero-order valence-electron chi connectivity index (χ0n) is 22.7. The molecule has 0 aromatic rings. The molecule has 0 bridgehead atoms. The minimum absolute atomic E-state index is 0.00226. The minimum Gasteiger partial charge on any atom is -0.378 e. The largest absolute Gasteiger partial charge is 0.378 e. The summed E-state index contributed by atoms with van der Waals surface area (Å²) in [5.74, 6) is 0. The average Bonchev–Trinajstić information content (AvgIpc) is 2.81. The summed E-state index contributed by atoms with van der Waals surface area (Å²) in [6, 6.07) is 0. The van der Waals surface area contributed by atoms with Gasteiger partial charge in [0.05, 0.1) is 17.8 Å². The van der Waals surface area contributed by atoms with Gasteiger partial charge in [0, 0.05) is 7.11 Å². The molecule has 0 N–H and O–H groups in total. The van der Waals surface area contributed by atoms with Gasteiger partial charge < -0.3 is 9.47 Å². The number of hydrogen-bond donors (Lipinski definition) is 0. The lowest BCUT2D eigenvalue weighted by molar-refractivity contribution is -0.0951. The van der Waals surface area contributed by atoms with Gasteiger partial charge in [-0.05, 0) is 38.5 Å². The summed E-state index contributed by atoms with van der Waals surface area (Å²) in [5, 5.41) is 0. The van der Waals surface area contributed by atoms with Crippen molar-refractivity contribution in [2.24, 2.45) is 0 Å². The van der Waals surface area contributed by atoms with Crippen LogP contribution in [0.3, 0.4) is 0 Å². The summed E-state index contributed by atoms with van der Waals surface area (Å²) < 4.78 is 12.3. The zero-order chi connectivity index (χ0) is 23.3. The van der Waals surface area contributed by atoms with Crippen LogP contribution in [0.1, 0.15) is 163 Å². The molecule has 31 heavy (non-hydrogen) atoms. The van der Waals surface area contributed by atoms with E-state index in [-0.39, 0.29) is 11.2 Å². The quantitative estimate of drug-likeness (QED) is 0.139. The Morgan fingerprint density at radius 3 is 1.19 bits per heavy atom. The second-order valence-corrected chi connectivity index (χ2v) is 9.93. The van der Waals surface area contributed by atoms with E-state index in [1.54, 1.807) is 0 Å². The molecule has 0 unspecified atom stereocenters. The van der Waals surface area contributed by atoms with Gasteiger partial charge in [-0.3, -0.25) is 0 Å². The van der Waals surface area contributed by atoms with Gasteiger partial charge in [-0.2, -0.15) is 0 Å². The molecule has 0 aromatic heterocycles. The van der Waals surface area contributed by atoms with Crippen LogP contribution in [0.25, 0.3) is 0 Å². The van der Waals surface area contributed by atoms with Gasteiger partial charge in [0.15, 0.2) is 0 Å². The van der Waals surface area contributed by atoms with Crippen LogP contribution in [0.4, 0.5) is 0 Å². The van der Waals surface area contributed by atoms with E-state index >= 15 is 0 Å². The molecule has 0 atom stereocenters. The molecule has 0 fully saturated rings. The first-order valence-electron chi connectivity index (χ1n) is 14.3. The van der Waals surface area contributed by atoms with E-state index in [1.165, 1.54) is 96.3 Å². The maximum atomic E-state index is 6.52. The van der Waals surface area contributed by atoms with Gasteiger partial charge in [-0.1, -0.05) is 125 Å². The second-order valence-electron chi connectivity index (χ2n) is 9.93. The van der Waals surface area contributed by atoms with E-state index in [2.05, 4.69) is 34.6 Å². The molecule has 0 saturated heterocycles. The topological polar surface area (TPSA) is 18.5 Å². The van der Waals surface area contributed by atoms with Crippen molar-refractivity contribution in [3.05, 3.63) is 0 Å². The molecule has 2 nitrogen and oxygen atoms in total. The molecule has 0 aliphatic rings. The highest BCUT2D eigenvalue weighted by atomic mass is 16.5. The maximum Gasteiger partial charge on any atom is 0.0695 e. The molecule has 0 saturated carbocycles. The van der Waals surface area contributed by atoms with Gasteiger partial charge in [0.2, 0.25) is 0 Å². The van der Waals surface area contributed by atoms with E-state index in [1.807, 2.05) is 7.11 Å². The van der Waals surface area contributed by atoms with Crippen LogP contribution < -0.4 is 0 Å².